The van der Waals surface area contributed by atoms with E-state index in [1.807, 2.05) is 43.3 Å². The molecule has 0 fully saturated rings. The summed E-state index contributed by atoms with van der Waals surface area (Å²) in [5, 5.41) is 13.7. The number of benzene rings is 1. The van der Waals surface area contributed by atoms with Crippen molar-refractivity contribution in [1.82, 2.24) is 19.8 Å². The summed E-state index contributed by atoms with van der Waals surface area (Å²) < 4.78 is 12.6. The Morgan fingerprint density at radius 2 is 2.05 bits per heavy atom. The van der Waals surface area contributed by atoms with E-state index in [9.17, 15) is 0 Å². The zero-order valence-corrected chi connectivity index (χ0v) is 12.6. The molecular weight excluding hydrogens is 300 g/mol. The largest absolute Gasteiger partial charge is 0.494 e. The predicted molar refractivity (Wildman–Crippen MR) is 83.0 cm³/mol. The minimum Gasteiger partial charge on any atom is -0.494 e. The van der Waals surface area contributed by atoms with E-state index >= 15 is 0 Å². The molecule has 6 nitrogen and oxygen atoms in total. The standard InChI is InChI=1S/C15H12N4O2S/c1-2-20-11-7-5-10(6-8-11)13-16-17-15-19(13)18-14(22-15)12-4-3-9-21-12/h3-9H,2H2,1H3. The number of furan rings is 1. The van der Waals surface area contributed by atoms with Gasteiger partial charge >= 0.3 is 0 Å². The van der Waals surface area contributed by atoms with Crippen LogP contribution in [0.25, 0.3) is 27.1 Å². The third-order valence-electron chi connectivity index (χ3n) is 3.15. The first-order valence-electron chi connectivity index (χ1n) is 6.84. The van der Waals surface area contributed by atoms with Crippen LogP contribution in [0.15, 0.2) is 47.1 Å². The molecule has 22 heavy (non-hydrogen) atoms. The van der Waals surface area contributed by atoms with Crippen LogP contribution >= 0.6 is 11.3 Å². The maximum Gasteiger partial charge on any atom is 0.235 e. The molecule has 0 aliphatic carbocycles. The van der Waals surface area contributed by atoms with Crippen molar-refractivity contribution in [2.75, 3.05) is 6.61 Å². The van der Waals surface area contributed by atoms with Crippen molar-refractivity contribution < 1.29 is 9.15 Å². The molecule has 0 aliphatic heterocycles. The minimum atomic E-state index is 0.646. The van der Waals surface area contributed by atoms with Gasteiger partial charge in [-0.25, -0.2) is 0 Å². The van der Waals surface area contributed by atoms with Gasteiger partial charge in [0.25, 0.3) is 0 Å². The fraction of sp³-hybridized carbons (Fsp3) is 0.133. The van der Waals surface area contributed by atoms with Crippen LogP contribution in [-0.4, -0.2) is 26.4 Å². The van der Waals surface area contributed by atoms with Crippen LogP contribution in [0.1, 0.15) is 6.92 Å². The van der Waals surface area contributed by atoms with Crippen LogP contribution in [0, 0.1) is 0 Å². The molecule has 0 aliphatic rings. The van der Waals surface area contributed by atoms with E-state index in [4.69, 9.17) is 9.15 Å². The molecule has 4 aromatic rings. The molecule has 0 atom stereocenters. The first kappa shape index (κ1) is 13.0. The summed E-state index contributed by atoms with van der Waals surface area (Å²) in [6.07, 6.45) is 1.63. The Kier molecular flexibility index (Phi) is 3.12. The van der Waals surface area contributed by atoms with E-state index in [-0.39, 0.29) is 0 Å². The molecule has 3 aromatic heterocycles. The van der Waals surface area contributed by atoms with Crippen molar-refractivity contribution >= 4 is 16.3 Å². The van der Waals surface area contributed by atoms with Gasteiger partial charge < -0.3 is 9.15 Å². The number of ether oxygens (including phenoxy) is 1. The van der Waals surface area contributed by atoms with Gasteiger partial charge in [0.05, 0.1) is 12.9 Å². The first-order valence-corrected chi connectivity index (χ1v) is 7.66. The Hall–Kier alpha value is -2.67. The summed E-state index contributed by atoms with van der Waals surface area (Å²) in [7, 11) is 0. The van der Waals surface area contributed by atoms with E-state index in [1.165, 1.54) is 11.3 Å². The number of hydrogen-bond donors (Lipinski definition) is 0. The van der Waals surface area contributed by atoms with Gasteiger partial charge in [-0.1, -0.05) is 11.3 Å². The van der Waals surface area contributed by atoms with Gasteiger partial charge in [-0.3, -0.25) is 0 Å². The second-order valence-corrected chi connectivity index (χ2v) is 5.52. The van der Waals surface area contributed by atoms with Gasteiger partial charge in [0.2, 0.25) is 4.96 Å². The number of rotatable bonds is 4. The minimum absolute atomic E-state index is 0.646. The smallest absolute Gasteiger partial charge is 0.235 e. The molecule has 0 spiro atoms. The average Bonchev–Trinajstić information content (AvgIpc) is 3.24. The molecule has 7 heteroatoms. The Morgan fingerprint density at radius 3 is 2.77 bits per heavy atom. The predicted octanol–water partition coefficient (Wildman–Crippen LogP) is 3.51. The third kappa shape index (κ3) is 2.15. The van der Waals surface area contributed by atoms with Crippen LogP contribution in [-0.2, 0) is 0 Å². The first-order chi connectivity index (χ1) is 10.8. The lowest BCUT2D eigenvalue weighted by Crippen LogP contribution is -1.93. The SMILES string of the molecule is CCOc1ccc(-c2nnc3sc(-c4ccco4)nn23)cc1. The Labute approximate surface area is 130 Å². The lowest BCUT2D eigenvalue weighted by atomic mass is 10.2. The van der Waals surface area contributed by atoms with Gasteiger partial charge in [-0.2, -0.15) is 4.52 Å². The monoisotopic (exact) mass is 312 g/mol. The van der Waals surface area contributed by atoms with E-state index in [0.29, 0.717) is 12.4 Å². The lowest BCUT2D eigenvalue weighted by molar-refractivity contribution is 0.340. The topological polar surface area (TPSA) is 65.5 Å². The van der Waals surface area contributed by atoms with Crippen LogP contribution in [0.5, 0.6) is 5.75 Å². The summed E-state index contributed by atoms with van der Waals surface area (Å²) in [6, 6.07) is 11.5. The highest BCUT2D eigenvalue weighted by Gasteiger charge is 2.15. The van der Waals surface area contributed by atoms with Gasteiger partial charge in [0, 0.05) is 5.56 Å². The normalized spacial score (nSPS) is 11.1. The molecule has 4 rings (SSSR count). The molecule has 0 bridgehead atoms. The van der Waals surface area contributed by atoms with Crippen LogP contribution in [0.4, 0.5) is 0 Å². The summed E-state index contributed by atoms with van der Waals surface area (Å²) in [4.78, 5) is 0.732. The molecule has 0 N–H and O–H groups in total. The summed E-state index contributed by atoms with van der Waals surface area (Å²) in [6.45, 7) is 2.61. The van der Waals surface area contributed by atoms with Crippen molar-refractivity contribution in [3.8, 4) is 27.9 Å². The number of nitrogens with zero attached hydrogens (tertiary/aromatic N) is 4. The molecule has 0 radical (unpaired) electrons. The van der Waals surface area contributed by atoms with E-state index in [1.54, 1.807) is 10.8 Å². The average molecular weight is 312 g/mol. The highest BCUT2D eigenvalue weighted by atomic mass is 32.1. The zero-order chi connectivity index (χ0) is 14.9. The van der Waals surface area contributed by atoms with Crippen molar-refractivity contribution in [3.05, 3.63) is 42.7 Å². The zero-order valence-electron chi connectivity index (χ0n) is 11.8. The summed E-state index contributed by atoms with van der Waals surface area (Å²) >= 11 is 1.44. The molecule has 0 saturated heterocycles. The van der Waals surface area contributed by atoms with Crippen molar-refractivity contribution in [1.29, 1.82) is 0 Å². The van der Waals surface area contributed by atoms with Crippen molar-refractivity contribution in [3.63, 3.8) is 0 Å². The molecule has 0 unspecified atom stereocenters. The molecule has 0 saturated carbocycles. The number of aromatic nitrogens is 4. The van der Waals surface area contributed by atoms with E-state index in [0.717, 1.165) is 27.0 Å². The second kappa shape index (κ2) is 5.27. The molecule has 1 aromatic carbocycles. The lowest BCUT2D eigenvalue weighted by Gasteiger charge is -2.03. The van der Waals surface area contributed by atoms with Crippen molar-refractivity contribution in [2.45, 2.75) is 6.92 Å². The second-order valence-electron chi connectivity index (χ2n) is 4.56. The quantitative estimate of drug-likeness (QED) is 0.577. The molecular formula is C15H12N4O2S. The maximum absolute atomic E-state index is 5.45. The number of fused-ring (bicyclic) bond motifs is 1. The van der Waals surface area contributed by atoms with Crippen LogP contribution in [0.3, 0.4) is 0 Å². The third-order valence-corrected chi connectivity index (χ3v) is 4.06. The Morgan fingerprint density at radius 1 is 1.18 bits per heavy atom. The van der Waals surface area contributed by atoms with Gasteiger partial charge in [0.15, 0.2) is 16.6 Å². The Bertz CT molecular complexity index is 894. The van der Waals surface area contributed by atoms with E-state index in [2.05, 4.69) is 15.3 Å². The number of hydrogen-bond acceptors (Lipinski definition) is 6. The Balaban J connectivity index is 1.75. The summed E-state index contributed by atoms with van der Waals surface area (Å²) in [5.74, 6) is 2.27. The highest BCUT2D eigenvalue weighted by Crippen LogP contribution is 2.28. The van der Waals surface area contributed by atoms with E-state index < -0.39 is 0 Å². The van der Waals surface area contributed by atoms with Crippen molar-refractivity contribution in [2.24, 2.45) is 0 Å². The molecule has 110 valence electrons. The fourth-order valence-electron chi connectivity index (χ4n) is 2.16. The molecule has 3 heterocycles. The van der Waals surface area contributed by atoms with Gasteiger partial charge in [0.1, 0.15) is 5.75 Å². The maximum atomic E-state index is 5.45. The van der Waals surface area contributed by atoms with Gasteiger partial charge in [-0.15, -0.1) is 15.3 Å². The molecule has 0 amide bonds. The highest BCUT2D eigenvalue weighted by molar-refractivity contribution is 7.19. The van der Waals surface area contributed by atoms with Crippen LogP contribution < -0.4 is 4.74 Å². The van der Waals surface area contributed by atoms with Gasteiger partial charge in [-0.05, 0) is 43.3 Å². The van der Waals surface area contributed by atoms with Crippen LogP contribution in [0.2, 0.25) is 0 Å². The fourth-order valence-corrected chi connectivity index (χ4v) is 2.97. The summed E-state index contributed by atoms with van der Waals surface area (Å²) in [5.41, 5.74) is 0.937.